The molecule has 1 aromatic carbocycles. The van der Waals surface area contributed by atoms with Crippen LogP contribution in [-0.2, 0) is 16.5 Å². The molecule has 0 N–H and O–H groups in total. The molecule has 28 heavy (non-hydrogen) atoms. The van der Waals surface area contributed by atoms with E-state index in [1.165, 1.54) is 43.4 Å². The molecular formula is C23H41NO3S. The van der Waals surface area contributed by atoms with E-state index in [1.807, 2.05) is 0 Å². The largest absolute Gasteiger partial charge is 0.748 e. The number of hydrogen-bond acceptors (Lipinski definition) is 3. The standard InChI is InChI=1S/C23H41NO3S/c1-5-20-24(3,4)23-19-15-14-17-21(23)16-12-10-8-7-9-11-13-18-22(6-2)28(25,26)27/h14-15,17,19,22H,5-13,16,18,20H2,1-4H3. The predicted molar refractivity (Wildman–Crippen MR) is 120 cm³/mol. The van der Waals surface area contributed by atoms with Crippen molar-refractivity contribution in [3.8, 4) is 0 Å². The summed E-state index contributed by atoms with van der Waals surface area (Å²) < 4.78 is 34.2. The number of quaternary nitrogens is 1. The first-order valence-corrected chi connectivity index (χ1v) is 12.6. The molecule has 1 aromatic rings. The normalized spacial score (nSPS) is 13.6. The van der Waals surface area contributed by atoms with Gasteiger partial charge in [0.15, 0.2) is 0 Å². The minimum atomic E-state index is -4.12. The molecule has 1 unspecified atom stereocenters. The van der Waals surface area contributed by atoms with Crippen molar-refractivity contribution < 1.29 is 13.0 Å². The highest BCUT2D eigenvalue weighted by atomic mass is 32.2. The van der Waals surface area contributed by atoms with Crippen LogP contribution in [0.5, 0.6) is 0 Å². The molecule has 5 heteroatoms. The van der Waals surface area contributed by atoms with E-state index in [-0.39, 0.29) is 0 Å². The molecule has 0 saturated heterocycles. The van der Waals surface area contributed by atoms with Crippen molar-refractivity contribution in [2.45, 2.75) is 89.7 Å². The Morgan fingerprint density at radius 3 is 2.07 bits per heavy atom. The molecule has 0 spiro atoms. The van der Waals surface area contributed by atoms with Crippen LogP contribution in [0.15, 0.2) is 24.3 Å². The molecule has 0 aromatic heterocycles. The maximum absolute atomic E-state index is 11.1. The monoisotopic (exact) mass is 411 g/mol. The molecule has 0 aliphatic heterocycles. The molecule has 0 aliphatic rings. The highest BCUT2D eigenvalue weighted by Crippen LogP contribution is 2.26. The SMILES string of the molecule is CCC[N+](C)(C)c1ccccc1CCCCCCCCCC(CC)S(=O)(=O)[O-]. The summed E-state index contributed by atoms with van der Waals surface area (Å²) in [6.45, 7) is 5.18. The average Bonchev–Trinajstić information content (AvgIpc) is 2.62. The van der Waals surface area contributed by atoms with Crippen LogP contribution in [-0.4, -0.2) is 38.9 Å². The zero-order valence-corrected chi connectivity index (χ0v) is 19.3. The van der Waals surface area contributed by atoms with Crippen molar-refractivity contribution >= 4 is 15.8 Å². The Balaban J connectivity index is 2.24. The Kier molecular flexibility index (Phi) is 11.3. The van der Waals surface area contributed by atoms with Gasteiger partial charge in [-0.25, -0.2) is 8.42 Å². The smallest absolute Gasteiger partial charge is 0.135 e. The van der Waals surface area contributed by atoms with Crippen molar-refractivity contribution in [1.82, 2.24) is 4.48 Å². The number of hydrogen-bond donors (Lipinski definition) is 0. The van der Waals surface area contributed by atoms with Crippen LogP contribution in [0.3, 0.4) is 0 Å². The van der Waals surface area contributed by atoms with Gasteiger partial charge in [0, 0.05) is 10.8 Å². The number of nitrogens with zero attached hydrogens (tertiary/aromatic N) is 1. The third-order valence-corrected chi connectivity index (χ3v) is 7.15. The minimum Gasteiger partial charge on any atom is -0.748 e. The number of aryl methyl sites for hydroxylation is 1. The number of benzene rings is 1. The third kappa shape index (κ3) is 9.06. The molecule has 0 radical (unpaired) electrons. The number of unbranched alkanes of at least 4 members (excludes halogenated alkanes) is 6. The topological polar surface area (TPSA) is 57.2 Å². The summed E-state index contributed by atoms with van der Waals surface area (Å²) in [6, 6.07) is 8.85. The molecule has 0 heterocycles. The van der Waals surface area contributed by atoms with Gasteiger partial charge in [0.1, 0.15) is 5.69 Å². The van der Waals surface area contributed by atoms with E-state index < -0.39 is 15.4 Å². The van der Waals surface area contributed by atoms with Gasteiger partial charge in [-0.2, -0.15) is 0 Å². The quantitative estimate of drug-likeness (QED) is 0.213. The highest BCUT2D eigenvalue weighted by Gasteiger charge is 2.20. The van der Waals surface area contributed by atoms with Gasteiger partial charge in [0.25, 0.3) is 0 Å². The predicted octanol–water partition coefficient (Wildman–Crippen LogP) is 5.65. The zero-order chi connectivity index (χ0) is 21.0. The van der Waals surface area contributed by atoms with E-state index in [0.717, 1.165) is 36.7 Å². The summed E-state index contributed by atoms with van der Waals surface area (Å²) in [6.07, 6.45) is 11.2. The summed E-state index contributed by atoms with van der Waals surface area (Å²) in [4.78, 5) is 0. The summed E-state index contributed by atoms with van der Waals surface area (Å²) in [5.74, 6) is 0. The molecule has 0 saturated carbocycles. The maximum atomic E-state index is 11.1. The molecule has 1 rings (SSSR count). The van der Waals surface area contributed by atoms with Crippen molar-refractivity contribution in [3.63, 3.8) is 0 Å². The fraction of sp³-hybridized carbons (Fsp3) is 0.739. The summed E-state index contributed by atoms with van der Waals surface area (Å²) in [7, 11) is 0.475. The van der Waals surface area contributed by atoms with Gasteiger partial charge in [0.2, 0.25) is 0 Å². The zero-order valence-electron chi connectivity index (χ0n) is 18.5. The number of rotatable bonds is 15. The van der Waals surface area contributed by atoms with E-state index in [4.69, 9.17) is 0 Å². The lowest BCUT2D eigenvalue weighted by Gasteiger charge is -2.30. The molecule has 0 aliphatic carbocycles. The minimum absolute atomic E-state index is 0.432. The van der Waals surface area contributed by atoms with Crippen LogP contribution in [0.4, 0.5) is 5.69 Å². The van der Waals surface area contributed by atoms with E-state index in [1.54, 1.807) is 6.92 Å². The molecule has 0 bridgehead atoms. The van der Waals surface area contributed by atoms with Crippen LogP contribution in [0.1, 0.15) is 83.6 Å². The molecular weight excluding hydrogens is 370 g/mol. The lowest BCUT2D eigenvalue weighted by molar-refractivity contribution is 0.394. The summed E-state index contributed by atoms with van der Waals surface area (Å²) in [5.41, 5.74) is 2.92. The first-order valence-electron chi connectivity index (χ1n) is 11.1. The van der Waals surface area contributed by atoms with Crippen molar-refractivity contribution in [1.29, 1.82) is 0 Å². The van der Waals surface area contributed by atoms with Gasteiger partial charge in [-0.05, 0) is 38.2 Å². The Bertz CT molecular complexity index is 656. The second kappa shape index (κ2) is 12.6. The Morgan fingerprint density at radius 2 is 1.50 bits per heavy atom. The van der Waals surface area contributed by atoms with E-state index in [2.05, 4.69) is 45.3 Å². The average molecular weight is 412 g/mol. The second-order valence-corrected chi connectivity index (χ2v) is 10.2. The van der Waals surface area contributed by atoms with Crippen molar-refractivity contribution in [3.05, 3.63) is 29.8 Å². The lowest BCUT2D eigenvalue weighted by Crippen LogP contribution is -2.41. The molecule has 162 valence electrons. The molecule has 4 nitrogen and oxygen atoms in total. The van der Waals surface area contributed by atoms with Crippen LogP contribution in [0.2, 0.25) is 0 Å². The summed E-state index contributed by atoms with van der Waals surface area (Å²) in [5, 5.41) is -0.692. The van der Waals surface area contributed by atoms with Crippen LogP contribution >= 0.6 is 0 Å². The van der Waals surface area contributed by atoms with Crippen molar-refractivity contribution in [2.75, 3.05) is 20.6 Å². The Morgan fingerprint density at radius 1 is 0.929 bits per heavy atom. The van der Waals surface area contributed by atoms with E-state index >= 15 is 0 Å². The molecule has 0 amide bonds. The van der Waals surface area contributed by atoms with Gasteiger partial charge >= 0.3 is 0 Å². The molecule has 0 fully saturated rings. The lowest BCUT2D eigenvalue weighted by atomic mass is 10.0. The Labute approximate surface area is 173 Å². The number of para-hydroxylation sites is 1. The van der Waals surface area contributed by atoms with E-state index in [9.17, 15) is 13.0 Å². The summed E-state index contributed by atoms with van der Waals surface area (Å²) >= 11 is 0. The van der Waals surface area contributed by atoms with E-state index in [0.29, 0.717) is 12.8 Å². The van der Waals surface area contributed by atoms with Crippen molar-refractivity contribution in [2.24, 2.45) is 0 Å². The first kappa shape index (κ1) is 25.1. The van der Waals surface area contributed by atoms with Gasteiger partial charge in [-0.3, -0.25) is 4.48 Å². The molecule has 1 atom stereocenters. The van der Waals surface area contributed by atoms with Gasteiger partial charge in [-0.1, -0.05) is 70.6 Å². The fourth-order valence-corrected chi connectivity index (χ4v) is 4.98. The maximum Gasteiger partial charge on any atom is 0.135 e. The van der Waals surface area contributed by atoms with Gasteiger partial charge < -0.3 is 4.55 Å². The Hall–Kier alpha value is -0.910. The van der Waals surface area contributed by atoms with Crippen LogP contribution in [0.25, 0.3) is 0 Å². The second-order valence-electron chi connectivity index (χ2n) is 8.57. The van der Waals surface area contributed by atoms with Crippen LogP contribution in [0, 0.1) is 0 Å². The van der Waals surface area contributed by atoms with Gasteiger partial charge in [0.05, 0.1) is 30.8 Å². The fourth-order valence-electron chi connectivity index (χ4n) is 4.12. The van der Waals surface area contributed by atoms with Crippen LogP contribution < -0.4 is 4.48 Å². The third-order valence-electron chi connectivity index (χ3n) is 5.76. The highest BCUT2D eigenvalue weighted by molar-refractivity contribution is 7.86. The van der Waals surface area contributed by atoms with Gasteiger partial charge in [-0.15, -0.1) is 0 Å². The first-order chi connectivity index (χ1) is 13.2.